The van der Waals surface area contributed by atoms with E-state index in [-0.39, 0.29) is 0 Å². The molecule has 70 valence electrons. The lowest BCUT2D eigenvalue weighted by Gasteiger charge is -2.11. The summed E-state index contributed by atoms with van der Waals surface area (Å²) in [6, 6.07) is 8.41. The van der Waals surface area contributed by atoms with Crippen LogP contribution in [0.25, 0.3) is 0 Å². The average molecular weight is 180 g/mol. The molecule has 0 unspecified atom stereocenters. The average Bonchev–Trinajstić information content (AvgIpc) is 2.17. The molecule has 13 heavy (non-hydrogen) atoms. The Morgan fingerprint density at radius 3 is 2.23 bits per heavy atom. The lowest BCUT2D eigenvalue weighted by atomic mass is 10.0. The van der Waals surface area contributed by atoms with Gasteiger partial charge in [0.25, 0.3) is 0 Å². The van der Waals surface area contributed by atoms with Crippen LogP contribution in [0.2, 0.25) is 0 Å². The summed E-state index contributed by atoms with van der Waals surface area (Å²) in [6.07, 6.45) is -2.37. The van der Waals surface area contributed by atoms with Crippen LogP contribution in [-0.2, 0) is 0 Å². The molecule has 0 heterocycles. The van der Waals surface area contributed by atoms with E-state index in [9.17, 15) is 9.90 Å². The number of hydrogen-bond acceptors (Lipinski definition) is 3. The highest BCUT2D eigenvalue weighted by Crippen LogP contribution is 2.05. The molecule has 0 bridgehead atoms. The molecule has 0 fully saturated rings. The van der Waals surface area contributed by atoms with Crippen molar-refractivity contribution in [2.24, 2.45) is 0 Å². The van der Waals surface area contributed by atoms with Crippen LogP contribution in [0.1, 0.15) is 17.3 Å². The van der Waals surface area contributed by atoms with Crippen LogP contribution in [0.15, 0.2) is 30.3 Å². The molecule has 1 aromatic rings. The van der Waals surface area contributed by atoms with Gasteiger partial charge in [-0.2, -0.15) is 0 Å². The van der Waals surface area contributed by atoms with E-state index in [1.54, 1.807) is 30.3 Å². The summed E-state index contributed by atoms with van der Waals surface area (Å²) in [6.45, 7) is 1.38. The molecule has 0 aromatic heterocycles. The van der Waals surface area contributed by atoms with Crippen molar-refractivity contribution in [3.05, 3.63) is 35.9 Å². The van der Waals surface area contributed by atoms with Crippen LogP contribution in [0, 0.1) is 0 Å². The molecular formula is C10H12O3. The van der Waals surface area contributed by atoms with E-state index in [1.165, 1.54) is 6.92 Å². The molecular weight excluding hydrogens is 168 g/mol. The van der Waals surface area contributed by atoms with Crippen LogP contribution >= 0.6 is 0 Å². The van der Waals surface area contributed by atoms with Crippen molar-refractivity contribution < 1.29 is 15.0 Å². The Bertz CT molecular complexity index is 279. The molecule has 1 aromatic carbocycles. The van der Waals surface area contributed by atoms with Gasteiger partial charge in [0.1, 0.15) is 6.10 Å². The number of carbonyl (C=O) groups is 1. The van der Waals surface area contributed by atoms with Crippen molar-refractivity contribution in [2.45, 2.75) is 19.1 Å². The highest BCUT2D eigenvalue weighted by molar-refractivity contribution is 5.99. The van der Waals surface area contributed by atoms with Gasteiger partial charge in [0, 0.05) is 5.56 Å². The highest BCUT2D eigenvalue weighted by atomic mass is 16.3. The number of ketones is 1. The van der Waals surface area contributed by atoms with E-state index in [0.717, 1.165) is 0 Å². The minimum absolute atomic E-state index is 0.413. The summed E-state index contributed by atoms with van der Waals surface area (Å²) in [4.78, 5) is 11.4. The van der Waals surface area contributed by atoms with E-state index in [1.807, 2.05) is 0 Å². The maximum Gasteiger partial charge on any atom is 0.193 e. The summed E-state index contributed by atoms with van der Waals surface area (Å²) in [7, 11) is 0. The van der Waals surface area contributed by atoms with Crippen LogP contribution in [0.3, 0.4) is 0 Å². The normalized spacial score (nSPS) is 15.0. The minimum atomic E-state index is -1.33. The smallest absolute Gasteiger partial charge is 0.193 e. The van der Waals surface area contributed by atoms with Crippen molar-refractivity contribution in [1.29, 1.82) is 0 Å². The molecule has 1 rings (SSSR count). The first-order valence-corrected chi connectivity index (χ1v) is 4.08. The van der Waals surface area contributed by atoms with Gasteiger partial charge in [0.15, 0.2) is 5.78 Å². The second-order valence-corrected chi connectivity index (χ2v) is 2.92. The molecule has 0 saturated heterocycles. The van der Waals surface area contributed by atoms with Crippen molar-refractivity contribution >= 4 is 5.78 Å². The third kappa shape index (κ3) is 2.37. The van der Waals surface area contributed by atoms with Crippen LogP contribution < -0.4 is 0 Å². The Kier molecular flexibility index (Phi) is 3.17. The Labute approximate surface area is 76.6 Å². The van der Waals surface area contributed by atoms with E-state index in [4.69, 9.17) is 5.11 Å². The Hall–Kier alpha value is -1.19. The van der Waals surface area contributed by atoms with E-state index in [0.29, 0.717) is 5.56 Å². The molecule has 2 atom stereocenters. The minimum Gasteiger partial charge on any atom is -0.390 e. The first-order chi connectivity index (χ1) is 6.13. The number of aliphatic hydroxyl groups is 2. The molecule has 3 heteroatoms. The third-order valence-corrected chi connectivity index (χ3v) is 1.78. The highest BCUT2D eigenvalue weighted by Gasteiger charge is 2.21. The lowest BCUT2D eigenvalue weighted by Crippen LogP contribution is -2.31. The Balaban J connectivity index is 2.80. The first kappa shape index (κ1) is 9.89. The monoisotopic (exact) mass is 180 g/mol. The van der Waals surface area contributed by atoms with Gasteiger partial charge in [-0.3, -0.25) is 4.79 Å². The fourth-order valence-electron chi connectivity index (χ4n) is 0.992. The zero-order valence-electron chi connectivity index (χ0n) is 7.34. The van der Waals surface area contributed by atoms with E-state index < -0.39 is 18.0 Å². The maximum absolute atomic E-state index is 11.4. The molecule has 0 aliphatic heterocycles. The number of Topliss-reactive ketones (excluding diaryl/α,β-unsaturated/α-hetero) is 1. The molecule has 2 N–H and O–H groups in total. The molecule has 0 saturated carbocycles. The zero-order valence-corrected chi connectivity index (χ0v) is 7.34. The van der Waals surface area contributed by atoms with Crippen molar-refractivity contribution in [2.75, 3.05) is 0 Å². The number of rotatable bonds is 3. The van der Waals surface area contributed by atoms with Crippen LogP contribution in [0.4, 0.5) is 0 Å². The van der Waals surface area contributed by atoms with Gasteiger partial charge in [-0.1, -0.05) is 30.3 Å². The fraction of sp³-hybridized carbons (Fsp3) is 0.300. The number of hydrogen-bond donors (Lipinski definition) is 2. The van der Waals surface area contributed by atoms with Crippen molar-refractivity contribution in [3.63, 3.8) is 0 Å². The fourth-order valence-corrected chi connectivity index (χ4v) is 0.992. The van der Waals surface area contributed by atoms with Gasteiger partial charge >= 0.3 is 0 Å². The zero-order chi connectivity index (χ0) is 9.84. The quantitative estimate of drug-likeness (QED) is 0.670. The number of carbonyl (C=O) groups excluding carboxylic acids is 1. The topological polar surface area (TPSA) is 57.5 Å². The largest absolute Gasteiger partial charge is 0.390 e. The lowest BCUT2D eigenvalue weighted by molar-refractivity contribution is 0.0290. The molecule has 0 aliphatic carbocycles. The van der Waals surface area contributed by atoms with Gasteiger partial charge in [-0.05, 0) is 6.92 Å². The molecule has 0 amide bonds. The van der Waals surface area contributed by atoms with Gasteiger partial charge in [0.05, 0.1) is 6.10 Å². The number of benzene rings is 1. The van der Waals surface area contributed by atoms with Crippen molar-refractivity contribution in [1.82, 2.24) is 0 Å². The summed E-state index contributed by atoms with van der Waals surface area (Å²) < 4.78 is 0. The predicted octanol–water partition coefficient (Wildman–Crippen LogP) is 0.611. The third-order valence-electron chi connectivity index (χ3n) is 1.78. The number of aliphatic hydroxyl groups excluding tert-OH is 2. The standard InChI is InChI=1S/C10H12O3/c1-7(11)9(12)10(13)8-5-3-2-4-6-8/h2-7,9,11-12H,1H3/t7-,9+/m0/s1. The Morgan fingerprint density at radius 2 is 1.77 bits per heavy atom. The van der Waals surface area contributed by atoms with Crippen LogP contribution in [0.5, 0.6) is 0 Å². The molecule has 0 radical (unpaired) electrons. The summed E-state index contributed by atoms with van der Waals surface area (Å²) in [5.41, 5.74) is 0.413. The van der Waals surface area contributed by atoms with E-state index in [2.05, 4.69) is 0 Å². The second kappa shape index (κ2) is 4.16. The van der Waals surface area contributed by atoms with E-state index >= 15 is 0 Å². The molecule has 3 nitrogen and oxygen atoms in total. The maximum atomic E-state index is 11.4. The van der Waals surface area contributed by atoms with Crippen molar-refractivity contribution in [3.8, 4) is 0 Å². The second-order valence-electron chi connectivity index (χ2n) is 2.92. The van der Waals surface area contributed by atoms with Gasteiger partial charge < -0.3 is 10.2 Å². The molecule has 0 aliphatic rings. The summed E-state index contributed by atoms with van der Waals surface area (Å²) >= 11 is 0. The molecule has 0 spiro atoms. The summed E-state index contributed by atoms with van der Waals surface area (Å²) in [5, 5.41) is 18.2. The first-order valence-electron chi connectivity index (χ1n) is 4.08. The predicted molar refractivity (Wildman–Crippen MR) is 48.5 cm³/mol. The summed E-state index contributed by atoms with van der Waals surface area (Å²) in [5.74, 6) is -0.449. The van der Waals surface area contributed by atoms with Gasteiger partial charge in [-0.25, -0.2) is 0 Å². The van der Waals surface area contributed by atoms with Gasteiger partial charge in [0.2, 0.25) is 0 Å². The van der Waals surface area contributed by atoms with Crippen LogP contribution in [-0.4, -0.2) is 28.2 Å². The Morgan fingerprint density at radius 1 is 1.23 bits per heavy atom. The van der Waals surface area contributed by atoms with Gasteiger partial charge in [-0.15, -0.1) is 0 Å². The SMILES string of the molecule is C[C@H](O)[C@@H](O)C(=O)c1ccccc1.